The van der Waals surface area contributed by atoms with Crippen LogP contribution in [0.2, 0.25) is 5.02 Å². The molecule has 1 aliphatic rings. The Morgan fingerprint density at radius 2 is 1.71 bits per heavy atom. The molecule has 2 aromatic carbocycles. The van der Waals surface area contributed by atoms with Gasteiger partial charge in [0.05, 0.1) is 7.11 Å². The summed E-state index contributed by atoms with van der Waals surface area (Å²) < 4.78 is 5.03. The first kappa shape index (κ1) is 21.5. The molecule has 0 unspecified atom stereocenters. The van der Waals surface area contributed by atoms with Crippen LogP contribution in [0.5, 0.6) is 0 Å². The van der Waals surface area contributed by atoms with E-state index < -0.39 is 6.04 Å². The van der Waals surface area contributed by atoms with Gasteiger partial charge in [0.1, 0.15) is 16.7 Å². The van der Waals surface area contributed by atoms with E-state index in [0.717, 1.165) is 10.6 Å². The molecule has 8 heteroatoms. The Bertz CT molecular complexity index is 1060. The standard InChI is InChI=1S/C23H22ClN3O3S/c1-30-23(29)20(17-9-5-6-10-18(17)24)26-11-13-27(14-12-26)22(28)19-15-31-21(25-19)16-7-3-2-4-8-16/h2-10,15,20H,11-14H2,1H3/t20-/m1/s1. The maximum atomic E-state index is 13.0. The fraction of sp³-hybridized carbons (Fsp3) is 0.261. The number of thiazole rings is 1. The van der Waals surface area contributed by atoms with Gasteiger partial charge in [0, 0.05) is 42.1 Å². The number of aromatic nitrogens is 1. The minimum atomic E-state index is -0.597. The number of carbonyl (C=O) groups is 2. The van der Waals surface area contributed by atoms with Gasteiger partial charge in [-0.3, -0.25) is 9.69 Å². The predicted octanol–water partition coefficient (Wildman–Crippen LogP) is 4.14. The average Bonchev–Trinajstić information content (AvgIpc) is 3.31. The SMILES string of the molecule is COC(=O)[C@@H](c1ccccc1Cl)N1CCN(C(=O)c2csc(-c3ccccc3)n2)CC1. The van der Waals surface area contributed by atoms with Crippen LogP contribution in [0.25, 0.3) is 10.6 Å². The molecule has 6 nitrogen and oxygen atoms in total. The molecule has 0 aliphatic carbocycles. The van der Waals surface area contributed by atoms with Crippen molar-refractivity contribution in [3.05, 3.63) is 76.3 Å². The number of hydrogen-bond donors (Lipinski definition) is 0. The van der Waals surface area contributed by atoms with Crippen molar-refractivity contribution in [1.29, 1.82) is 0 Å². The van der Waals surface area contributed by atoms with Gasteiger partial charge >= 0.3 is 5.97 Å². The lowest BCUT2D eigenvalue weighted by molar-refractivity contribution is -0.148. The molecule has 0 spiro atoms. The Morgan fingerprint density at radius 3 is 2.39 bits per heavy atom. The molecule has 4 rings (SSSR count). The first-order valence-corrected chi connectivity index (χ1v) is 11.2. The van der Waals surface area contributed by atoms with E-state index in [2.05, 4.69) is 4.98 Å². The first-order chi connectivity index (χ1) is 15.1. The number of esters is 1. The lowest BCUT2D eigenvalue weighted by atomic mass is 10.0. The van der Waals surface area contributed by atoms with Crippen molar-refractivity contribution >= 4 is 34.8 Å². The molecule has 31 heavy (non-hydrogen) atoms. The largest absolute Gasteiger partial charge is 0.468 e. The fourth-order valence-electron chi connectivity index (χ4n) is 3.71. The second-order valence-corrected chi connectivity index (χ2v) is 8.44. The fourth-order valence-corrected chi connectivity index (χ4v) is 4.75. The van der Waals surface area contributed by atoms with E-state index in [1.165, 1.54) is 18.4 Å². The number of rotatable bonds is 5. The van der Waals surface area contributed by atoms with Crippen molar-refractivity contribution < 1.29 is 14.3 Å². The van der Waals surface area contributed by atoms with Gasteiger partial charge in [-0.05, 0) is 11.6 Å². The molecular weight excluding hydrogens is 434 g/mol. The Balaban J connectivity index is 1.45. The zero-order valence-electron chi connectivity index (χ0n) is 17.0. The summed E-state index contributed by atoms with van der Waals surface area (Å²) in [7, 11) is 1.37. The van der Waals surface area contributed by atoms with Crippen LogP contribution in [0.4, 0.5) is 0 Å². The van der Waals surface area contributed by atoms with Crippen molar-refractivity contribution in [1.82, 2.24) is 14.8 Å². The number of amides is 1. The lowest BCUT2D eigenvalue weighted by Crippen LogP contribution is -2.51. The Hall–Kier alpha value is -2.74. The van der Waals surface area contributed by atoms with Crippen LogP contribution >= 0.6 is 22.9 Å². The van der Waals surface area contributed by atoms with Gasteiger partial charge < -0.3 is 9.64 Å². The van der Waals surface area contributed by atoms with Gasteiger partial charge in [0.25, 0.3) is 5.91 Å². The molecule has 0 saturated carbocycles. The molecule has 2 heterocycles. The molecular formula is C23H22ClN3O3S. The monoisotopic (exact) mass is 455 g/mol. The molecule has 1 fully saturated rings. The molecule has 1 aliphatic heterocycles. The van der Waals surface area contributed by atoms with Crippen molar-refractivity contribution in [2.24, 2.45) is 0 Å². The molecule has 1 atom stereocenters. The van der Waals surface area contributed by atoms with E-state index in [9.17, 15) is 9.59 Å². The van der Waals surface area contributed by atoms with Crippen LogP contribution in [0.15, 0.2) is 60.0 Å². The van der Waals surface area contributed by atoms with Crippen LogP contribution in [0.3, 0.4) is 0 Å². The highest BCUT2D eigenvalue weighted by atomic mass is 35.5. The number of ether oxygens (including phenoxy) is 1. The zero-order valence-corrected chi connectivity index (χ0v) is 18.6. The lowest BCUT2D eigenvalue weighted by Gasteiger charge is -2.38. The van der Waals surface area contributed by atoms with E-state index in [4.69, 9.17) is 16.3 Å². The summed E-state index contributed by atoms with van der Waals surface area (Å²) in [5, 5.41) is 3.15. The molecule has 0 radical (unpaired) electrons. The number of piperazine rings is 1. The third kappa shape index (κ3) is 4.63. The highest BCUT2D eigenvalue weighted by molar-refractivity contribution is 7.13. The van der Waals surface area contributed by atoms with E-state index in [1.54, 1.807) is 16.3 Å². The molecule has 1 saturated heterocycles. The number of benzene rings is 2. The Morgan fingerprint density at radius 1 is 1.03 bits per heavy atom. The average molecular weight is 456 g/mol. The van der Waals surface area contributed by atoms with Gasteiger partial charge in [-0.15, -0.1) is 11.3 Å². The zero-order chi connectivity index (χ0) is 21.8. The molecule has 1 aromatic heterocycles. The van der Waals surface area contributed by atoms with Gasteiger partial charge in [-0.25, -0.2) is 9.78 Å². The van der Waals surface area contributed by atoms with Gasteiger partial charge in [0.2, 0.25) is 0 Å². The van der Waals surface area contributed by atoms with Gasteiger partial charge in [0.15, 0.2) is 0 Å². The van der Waals surface area contributed by atoms with Crippen molar-refractivity contribution in [2.75, 3.05) is 33.3 Å². The highest BCUT2D eigenvalue weighted by Crippen LogP contribution is 2.30. The van der Waals surface area contributed by atoms with Crippen molar-refractivity contribution in [3.63, 3.8) is 0 Å². The second kappa shape index (κ2) is 9.60. The van der Waals surface area contributed by atoms with Crippen LogP contribution in [0.1, 0.15) is 22.1 Å². The van der Waals surface area contributed by atoms with E-state index in [0.29, 0.717) is 42.5 Å². The van der Waals surface area contributed by atoms with E-state index >= 15 is 0 Å². The quantitative estimate of drug-likeness (QED) is 0.541. The third-order valence-electron chi connectivity index (χ3n) is 5.33. The number of carbonyl (C=O) groups excluding carboxylic acids is 2. The smallest absolute Gasteiger partial charge is 0.327 e. The number of halogens is 1. The second-order valence-electron chi connectivity index (χ2n) is 7.18. The minimum absolute atomic E-state index is 0.0922. The topological polar surface area (TPSA) is 62.7 Å². The predicted molar refractivity (Wildman–Crippen MR) is 121 cm³/mol. The van der Waals surface area contributed by atoms with Gasteiger partial charge in [-0.2, -0.15) is 0 Å². The Kier molecular flexibility index (Phi) is 6.65. The summed E-state index contributed by atoms with van der Waals surface area (Å²) >= 11 is 7.81. The maximum Gasteiger partial charge on any atom is 0.327 e. The summed E-state index contributed by atoms with van der Waals surface area (Å²) in [5.74, 6) is -0.453. The number of nitrogens with zero attached hydrogens (tertiary/aromatic N) is 3. The Labute approximate surface area is 190 Å². The van der Waals surface area contributed by atoms with Crippen molar-refractivity contribution in [2.45, 2.75) is 6.04 Å². The maximum absolute atomic E-state index is 13.0. The van der Waals surface area contributed by atoms with E-state index in [-0.39, 0.29) is 11.9 Å². The molecule has 0 N–H and O–H groups in total. The highest BCUT2D eigenvalue weighted by Gasteiger charge is 2.34. The first-order valence-electron chi connectivity index (χ1n) is 9.95. The van der Waals surface area contributed by atoms with Crippen LogP contribution in [-0.2, 0) is 9.53 Å². The van der Waals surface area contributed by atoms with Gasteiger partial charge in [-0.1, -0.05) is 60.1 Å². The van der Waals surface area contributed by atoms with Crippen molar-refractivity contribution in [3.8, 4) is 10.6 Å². The molecule has 0 bridgehead atoms. The summed E-state index contributed by atoms with van der Waals surface area (Å²) in [6.45, 7) is 2.06. The van der Waals surface area contributed by atoms with Crippen LogP contribution in [-0.4, -0.2) is 59.9 Å². The number of hydrogen-bond acceptors (Lipinski definition) is 6. The van der Waals surface area contributed by atoms with Crippen LogP contribution < -0.4 is 0 Å². The van der Waals surface area contributed by atoms with E-state index in [1.807, 2.05) is 53.4 Å². The molecule has 1 amide bonds. The summed E-state index contributed by atoms with van der Waals surface area (Å²) in [6.07, 6.45) is 0. The molecule has 160 valence electrons. The third-order valence-corrected chi connectivity index (χ3v) is 6.57. The van der Waals surface area contributed by atoms with Crippen LogP contribution in [0, 0.1) is 0 Å². The summed E-state index contributed by atoms with van der Waals surface area (Å²) in [6, 6.07) is 16.5. The molecule has 3 aromatic rings. The minimum Gasteiger partial charge on any atom is -0.468 e. The number of methoxy groups -OCH3 is 1. The summed E-state index contributed by atoms with van der Waals surface area (Å²) in [4.78, 5) is 33.8. The normalized spacial score (nSPS) is 15.5. The summed E-state index contributed by atoms with van der Waals surface area (Å²) in [5.41, 5.74) is 2.16.